The molecule has 1 fully saturated rings. The van der Waals surface area contributed by atoms with Gasteiger partial charge in [-0.2, -0.15) is 0 Å². The van der Waals surface area contributed by atoms with E-state index in [1.807, 2.05) is 48.5 Å². The van der Waals surface area contributed by atoms with E-state index < -0.39 is 0 Å². The van der Waals surface area contributed by atoms with Gasteiger partial charge >= 0.3 is 0 Å². The van der Waals surface area contributed by atoms with Crippen LogP contribution >= 0.6 is 24.8 Å². The zero-order chi connectivity index (χ0) is 16.1. The lowest BCUT2D eigenvalue weighted by Gasteiger charge is -2.19. The van der Waals surface area contributed by atoms with Crippen molar-refractivity contribution in [1.82, 2.24) is 0 Å². The van der Waals surface area contributed by atoms with Crippen LogP contribution in [0.4, 0.5) is 11.4 Å². The number of hydrogen-bond donors (Lipinski definition) is 2. The second-order valence-corrected chi connectivity index (χ2v) is 5.93. The van der Waals surface area contributed by atoms with Crippen LogP contribution in [0, 0.1) is 0 Å². The van der Waals surface area contributed by atoms with E-state index in [0.29, 0.717) is 6.54 Å². The molecule has 2 aromatic carbocycles. The number of anilines is 2. The highest BCUT2D eigenvalue weighted by molar-refractivity contribution is 5.96. The SMILES string of the molecule is Cl.Cl.NCC(C(=O)Nc1cccc(N2CCCC2)c1)c1ccccc1. The third-order valence-electron chi connectivity index (χ3n) is 4.34. The van der Waals surface area contributed by atoms with Crippen LogP contribution in [0.15, 0.2) is 54.6 Å². The molecule has 0 spiro atoms. The highest BCUT2D eigenvalue weighted by Crippen LogP contribution is 2.24. The van der Waals surface area contributed by atoms with Crippen molar-refractivity contribution in [3.05, 3.63) is 60.2 Å². The average Bonchev–Trinajstić information content (AvgIpc) is 3.11. The first-order chi connectivity index (χ1) is 11.3. The van der Waals surface area contributed by atoms with Gasteiger partial charge in [-0.15, -0.1) is 24.8 Å². The van der Waals surface area contributed by atoms with Crippen LogP contribution in [-0.2, 0) is 4.79 Å². The van der Waals surface area contributed by atoms with E-state index >= 15 is 0 Å². The summed E-state index contributed by atoms with van der Waals surface area (Å²) in [5.74, 6) is -0.385. The Morgan fingerprint density at radius 3 is 2.36 bits per heavy atom. The molecule has 1 amide bonds. The van der Waals surface area contributed by atoms with Gasteiger partial charge < -0.3 is 16.0 Å². The first-order valence-electron chi connectivity index (χ1n) is 8.19. The number of nitrogens with one attached hydrogen (secondary N) is 1. The van der Waals surface area contributed by atoms with E-state index in [-0.39, 0.29) is 36.6 Å². The summed E-state index contributed by atoms with van der Waals surface area (Å²) in [6.07, 6.45) is 2.47. The molecule has 6 heteroatoms. The maximum Gasteiger partial charge on any atom is 0.233 e. The summed E-state index contributed by atoms with van der Waals surface area (Å²) in [6, 6.07) is 17.7. The minimum Gasteiger partial charge on any atom is -0.371 e. The van der Waals surface area contributed by atoms with Gasteiger partial charge in [0.05, 0.1) is 5.92 Å². The fourth-order valence-corrected chi connectivity index (χ4v) is 3.06. The number of carbonyl (C=O) groups excluding carboxylic acids is 1. The van der Waals surface area contributed by atoms with E-state index in [1.54, 1.807) is 0 Å². The summed E-state index contributed by atoms with van der Waals surface area (Å²) in [7, 11) is 0. The molecule has 0 bridgehead atoms. The minimum absolute atomic E-state index is 0. The molecule has 1 aliphatic heterocycles. The normalized spacial score (nSPS) is 14.2. The van der Waals surface area contributed by atoms with E-state index in [0.717, 1.165) is 24.3 Å². The van der Waals surface area contributed by atoms with Crippen LogP contribution in [0.3, 0.4) is 0 Å². The maximum atomic E-state index is 12.6. The molecule has 25 heavy (non-hydrogen) atoms. The summed E-state index contributed by atoms with van der Waals surface area (Å²) in [4.78, 5) is 14.9. The standard InChI is InChI=1S/C19H23N3O.2ClH/c20-14-18(15-7-2-1-3-8-15)19(23)21-16-9-6-10-17(13-16)22-11-4-5-12-22;;/h1-3,6-10,13,18H,4-5,11-12,14,20H2,(H,21,23);2*1H. The molecule has 136 valence electrons. The molecule has 1 heterocycles. The van der Waals surface area contributed by atoms with Crippen molar-refractivity contribution < 1.29 is 4.79 Å². The number of nitrogens with zero attached hydrogens (tertiary/aromatic N) is 1. The predicted octanol–water partition coefficient (Wildman–Crippen LogP) is 3.81. The zero-order valence-electron chi connectivity index (χ0n) is 14.1. The molecule has 1 atom stereocenters. The molecule has 0 radical (unpaired) electrons. The molecule has 1 unspecified atom stereocenters. The van der Waals surface area contributed by atoms with Crippen molar-refractivity contribution in [2.45, 2.75) is 18.8 Å². The highest BCUT2D eigenvalue weighted by Gasteiger charge is 2.19. The lowest BCUT2D eigenvalue weighted by atomic mass is 9.98. The molecule has 1 saturated heterocycles. The topological polar surface area (TPSA) is 58.4 Å². The Hall–Kier alpha value is -1.75. The van der Waals surface area contributed by atoms with Gasteiger partial charge in [0.2, 0.25) is 5.91 Å². The zero-order valence-corrected chi connectivity index (χ0v) is 15.7. The fourth-order valence-electron chi connectivity index (χ4n) is 3.06. The van der Waals surface area contributed by atoms with Crippen molar-refractivity contribution in [3.8, 4) is 0 Å². The van der Waals surface area contributed by atoms with Gasteiger partial charge in [-0.25, -0.2) is 0 Å². The number of benzene rings is 2. The number of amides is 1. The Morgan fingerprint density at radius 2 is 1.72 bits per heavy atom. The Morgan fingerprint density at radius 1 is 1.04 bits per heavy atom. The quantitative estimate of drug-likeness (QED) is 0.827. The molecule has 0 aromatic heterocycles. The average molecular weight is 382 g/mol. The molecule has 1 aliphatic rings. The van der Waals surface area contributed by atoms with Crippen LogP contribution in [-0.4, -0.2) is 25.5 Å². The lowest BCUT2D eigenvalue weighted by Crippen LogP contribution is -2.27. The van der Waals surface area contributed by atoms with E-state index in [2.05, 4.69) is 16.3 Å². The van der Waals surface area contributed by atoms with Gasteiger partial charge in [0, 0.05) is 31.0 Å². The van der Waals surface area contributed by atoms with Gasteiger partial charge in [0.25, 0.3) is 0 Å². The second-order valence-electron chi connectivity index (χ2n) is 5.93. The number of halogens is 2. The Bertz CT molecular complexity index is 661. The van der Waals surface area contributed by atoms with E-state index in [9.17, 15) is 4.79 Å². The Labute approximate surface area is 161 Å². The van der Waals surface area contributed by atoms with E-state index in [4.69, 9.17) is 5.73 Å². The monoisotopic (exact) mass is 381 g/mol. The van der Waals surface area contributed by atoms with E-state index in [1.165, 1.54) is 18.5 Å². The van der Waals surface area contributed by atoms with Crippen molar-refractivity contribution in [2.75, 3.05) is 29.9 Å². The van der Waals surface area contributed by atoms with Gasteiger partial charge in [0.15, 0.2) is 0 Å². The number of carbonyl (C=O) groups is 1. The Kier molecular flexibility index (Phi) is 8.76. The summed E-state index contributed by atoms with van der Waals surface area (Å²) in [6.45, 7) is 2.47. The Balaban J connectivity index is 0.00000156. The van der Waals surface area contributed by atoms with Gasteiger partial charge in [-0.1, -0.05) is 36.4 Å². The van der Waals surface area contributed by atoms with Crippen LogP contribution in [0.2, 0.25) is 0 Å². The van der Waals surface area contributed by atoms with Crippen LogP contribution in [0.1, 0.15) is 24.3 Å². The minimum atomic E-state index is -0.327. The van der Waals surface area contributed by atoms with Crippen molar-refractivity contribution in [3.63, 3.8) is 0 Å². The van der Waals surface area contributed by atoms with Gasteiger partial charge in [-0.05, 0) is 36.6 Å². The first-order valence-corrected chi connectivity index (χ1v) is 8.19. The summed E-state index contributed by atoms with van der Waals surface area (Å²) in [5, 5.41) is 3.01. The summed E-state index contributed by atoms with van der Waals surface area (Å²) >= 11 is 0. The predicted molar refractivity (Wildman–Crippen MR) is 109 cm³/mol. The number of nitrogens with two attached hydrogens (primary N) is 1. The molecule has 3 rings (SSSR count). The molecular formula is C19H25Cl2N3O. The fraction of sp³-hybridized carbons (Fsp3) is 0.316. The summed E-state index contributed by atoms with van der Waals surface area (Å²) in [5.41, 5.74) is 8.77. The number of rotatable bonds is 5. The van der Waals surface area contributed by atoms with Crippen molar-refractivity contribution in [1.29, 1.82) is 0 Å². The smallest absolute Gasteiger partial charge is 0.233 e. The third-order valence-corrected chi connectivity index (χ3v) is 4.34. The first kappa shape index (κ1) is 21.3. The van der Waals surface area contributed by atoms with Crippen molar-refractivity contribution >= 4 is 42.1 Å². The molecule has 3 N–H and O–H groups in total. The molecule has 0 saturated carbocycles. The van der Waals surface area contributed by atoms with Crippen LogP contribution in [0.25, 0.3) is 0 Å². The van der Waals surface area contributed by atoms with Crippen LogP contribution in [0.5, 0.6) is 0 Å². The third kappa shape index (κ3) is 5.36. The lowest BCUT2D eigenvalue weighted by molar-refractivity contribution is -0.117. The van der Waals surface area contributed by atoms with Crippen LogP contribution < -0.4 is 16.0 Å². The number of hydrogen-bond acceptors (Lipinski definition) is 3. The maximum absolute atomic E-state index is 12.6. The highest BCUT2D eigenvalue weighted by atomic mass is 35.5. The van der Waals surface area contributed by atoms with Gasteiger partial charge in [-0.3, -0.25) is 4.79 Å². The molecule has 2 aromatic rings. The van der Waals surface area contributed by atoms with Crippen molar-refractivity contribution in [2.24, 2.45) is 5.73 Å². The van der Waals surface area contributed by atoms with Gasteiger partial charge in [0.1, 0.15) is 0 Å². The largest absolute Gasteiger partial charge is 0.371 e. The summed E-state index contributed by atoms with van der Waals surface area (Å²) < 4.78 is 0. The second kappa shape index (κ2) is 10.3. The molecular weight excluding hydrogens is 357 g/mol. The molecule has 0 aliphatic carbocycles. The molecule has 4 nitrogen and oxygen atoms in total.